The Morgan fingerprint density at radius 2 is 1.62 bits per heavy atom. The normalized spacial score (nSPS) is 19.2. The highest BCUT2D eigenvalue weighted by Crippen LogP contribution is 2.47. The Balaban J connectivity index is 0.00000127. The van der Waals surface area contributed by atoms with Gasteiger partial charge in [0.25, 0.3) is 0 Å². The third-order valence-electron chi connectivity index (χ3n) is 8.70. The van der Waals surface area contributed by atoms with Crippen molar-refractivity contribution < 1.29 is 9.47 Å². The molecule has 3 aromatic rings. The Morgan fingerprint density at radius 3 is 2.22 bits per heavy atom. The molecule has 0 atom stereocenters. The number of piperidine rings is 1. The number of aromatic nitrogens is 2. The molecule has 204 valence electrons. The molecule has 2 aromatic carbocycles. The summed E-state index contributed by atoms with van der Waals surface area (Å²) in [6.07, 6.45) is 5.33. The van der Waals surface area contributed by atoms with Gasteiger partial charge in [0.15, 0.2) is 11.5 Å². The average molecular weight is 570 g/mol. The molecule has 0 amide bonds. The minimum Gasteiger partial charge on any atom is -0.493 e. The Morgan fingerprint density at radius 1 is 0.946 bits per heavy atom. The SMILES string of the molecule is COc1ccc(-c2nc3c(C)cc(C4CCN(C5CC6(CNC6)C5)CC4)cc3n2C)cc1OC.Cl.Cl.Cl. The van der Waals surface area contributed by atoms with Crippen molar-refractivity contribution in [2.75, 3.05) is 40.4 Å². The van der Waals surface area contributed by atoms with Gasteiger partial charge in [0.1, 0.15) is 5.82 Å². The molecule has 1 N–H and O–H groups in total. The number of methoxy groups -OCH3 is 2. The molecule has 3 fully saturated rings. The first kappa shape index (κ1) is 29.9. The number of rotatable bonds is 5. The molecule has 1 saturated carbocycles. The lowest BCUT2D eigenvalue weighted by molar-refractivity contribution is -0.0432. The van der Waals surface area contributed by atoms with E-state index in [0.717, 1.165) is 34.4 Å². The number of fused-ring (bicyclic) bond motifs is 1. The van der Waals surface area contributed by atoms with E-state index in [-0.39, 0.29) is 37.2 Å². The van der Waals surface area contributed by atoms with Gasteiger partial charge in [0, 0.05) is 31.7 Å². The molecule has 1 spiro atoms. The number of nitrogens with one attached hydrogen (secondary N) is 1. The van der Waals surface area contributed by atoms with Crippen LogP contribution in [0.15, 0.2) is 30.3 Å². The second-order valence-electron chi connectivity index (χ2n) is 10.7. The van der Waals surface area contributed by atoms with Crippen LogP contribution in [0.4, 0.5) is 0 Å². The second kappa shape index (κ2) is 11.6. The zero-order valence-electron chi connectivity index (χ0n) is 22.1. The molecule has 0 unspecified atom stereocenters. The predicted molar refractivity (Wildman–Crippen MR) is 158 cm³/mol. The van der Waals surface area contributed by atoms with Crippen molar-refractivity contribution in [2.45, 2.75) is 44.6 Å². The largest absolute Gasteiger partial charge is 0.493 e. The van der Waals surface area contributed by atoms with E-state index in [0.29, 0.717) is 11.3 Å². The lowest BCUT2D eigenvalue weighted by Crippen LogP contribution is -2.65. The summed E-state index contributed by atoms with van der Waals surface area (Å²) in [6.45, 7) is 7.16. The molecule has 6 nitrogen and oxygen atoms in total. The first-order valence-electron chi connectivity index (χ1n) is 12.6. The molecule has 1 aliphatic carbocycles. The molecule has 1 aromatic heterocycles. The topological polar surface area (TPSA) is 51.5 Å². The van der Waals surface area contributed by atoms with Crippen LogP contribution in [0.5, 0.6) is 11.5 Å². The van der Waals surface area contributed by atoms with Crippen molar-refractivity contribution >= 4 is 48.3 Å². The lowest BCUT2D eigenvalue weighted by Gasteiger charge is -2.58. The minimum absolute atomic E-state index is 0. The van der Waals surface area contributed by atoms with E-state index in [4.69, 9.17) is 14.5 Å². The van der Waals surface area contributed by atoms with Gasteiger partial charge in [-0.1, -0.05) is 6.07 Å². The summed E-state index contributed by atoms with van der Waals surface area (Å²) in [5.74, 6) is 3.05. The molecule has 0 radical (unpaired) electrons. The van der Waals surface area contributed by atoms with Crippen molar-refractivity contribution in [3.8, 4) is 22.9 Å². The molecule has 2 saturated heterocycles. The van der Waals surface area contributed by atoms with Gasteiger partial charge in [-0.15, -0.1) is 37.2 Å². The first-order chi connectivity index (χ1) is 16.5. The quantitative estimate of drug-likeness (QED) is 0.423. The Bertz CT molecular complexity index is 1230. The molecule has 3 heterocycles. The van der Waals surface area contributed by atoms with E-state index in [1.54, 1.807) is 14.2 Å². The highest BCUT2D eigenvalue weighted by atomic mass is 35.5. The number of imidazole rings is 1. The second-order valence-corrected chi connectivity index (χ2v) is 10.7. The highest BCUT2D eigenvalue weighted by molar-refractivity contribution is 5.86. The van der Waals surface area contributed by atoms with E-state index in [1.807, 2.05) is 12.1 Å². The number of hydrogen-bond donors (Lipinski definition) is 1. The Hall–Kier alpha value is -1.70. The lowest BCUT2D eigenvalue weighted by atomic mass is 9.61. The predicted octanol–water partition coefficient (Wildman–Crippen LogP) is 5.76. The van der Waals surface area contributed by atoms with E-state index in [1.165, 1.54) is 68.5 Å². The summed E-state index contributed by atoms with van der Waals surface area (Å²) in [5, 5.41) is 3.47. The van der Waals surface area contributed by atoms with Crippen molar-refractivity contribution in [2.24, 2.45) is 12.5 Å². The molecule has 6 rings (SSSR count). The van der Waals surface area contributed by atoms with Crippen LogP contribution < -0.4 is 14.8 Å². The van der Waals surface area contributed by atoms with Crippen LogP contribution in [-0.4, -0.2) is 60.9 Å². The van der Waals surface area contributed by atoms with Gasteiger partial charge >= 0.3 is 0 Å². The van der Waals surface area contributed by atoms with Gasteiger partial charge in [-0.2, -0.15) is 0 Å². The number of halogens is 3. The third-order valence-corrected chi connectivity index (χ3v) is 8.70. The standard InChI is InChI=1S/C28H36N4O2.3ClH/c1-18-11-21(19-7-9-32(10-8-19)22-14-28(15-22)16-29-17-28)12-23-26(18)30-27(31(23)2)20-5-6-24(33-3)25(13-20)34-4;;;/h5-6,11-13,19,22,29H,7-10,14-17H2,1-4H3;3*1H. The molecule has 37 heavy (non-hydrogen) atoms. The summed E-state index contributed by atoms with van der Waals surface area (Å²) in [5.41, 5.74) is 6.72. The van der Waals surface area contributed by atoms with Crippen LogP contribution in [0.2, 0.25) is 0 Å². The fraction of sp³-hybridized carbons (Fsp3) is 0.536. The average Bonchev–Trinajstić information content (AvgIpc) is 3.14. The number of nitrogens with zero attached hydrogens (tertiary/aromatic N) is 3. The Kier molecular flexibility index (Phi) is 9.35. The van der Waals surface area contributed by atoms with Gasteiger partial charge in [-0.25, -0.2) is 4.98 Å². The fourth-order valence-electron chi connectivity index (χ4n) is 6.52. The van der Waals surface area contributed by atoms with E-state index in [9.17, 15) is 0 Å². The molecule has 9 heteroatoms. The molecule has 2 aliphatic heterocycles. The van der Waals surface area contributed by atoms with Gasteiger partial charge < -0.3 is 24.3 Å². The van der Waals surface area contributed by atoms with Crippen LogP contribution in [0, 0.1) is 12.3 Å². The fourth-order valence-corrected chi connectivity index (χ4v) is 6.52. The van der Waals surface area contributed by atoms with Crippen molar-refractivity contribution in [1.82, 2.24) is 19.8 Å². The zero-order chi connectivity index (χ0) is 23.4. The number of aryl methyl sites for hydroxylation is 2. The van der Waals surface area contributed by atoms with Gasteiger partial charge in [-0.3, -0.25) is 0 Å². The van der Waals surface area contributed by atoms with Crippen LogP contribution in [0.1, 0.15) is 42.7 Å². The first-order valence-corrected chi connectivity index (χ1v) is 12.6. The smallest absolute Gasteiger partial charge is 0.161 e. The highest BCUT2D eigenvalue weighted by Gasteiger charge is 2.50. The van der Waals surface area contributed by atoms with E-state index >= 15 is 0 Å². The van der Waals surface area contributed by atoms with Crippen LogP contribution >= 0.6 is 37.2 Å². The van der Waals surface area contributed by atoms with Gasteiger partial charge in [-0.05, 0) is 92.4 Å². The van der Waals surface area contributed by atoms with Crippen LogP contribution in [0.3, 0.4) is 0 Å². The van der Waals surface area contributed by atoms with Gasteiger partial charge in [0.2, 0.25) is 0 Å². The number of benzene rings is 2. The van der Waals surface area contributed by atoms with Crippen LogP contribution in [-0.2, 0) is 7.05 Å². The number of ether oxygens (including phenoxy) is 2. The summed E-state index contributed by atoms with van der Waals surface area (Å²) >= 11 is 0. The van der Waals surface area contributed by atoms with Crippen molar-refractivity contribution in [3.63, 3.8) is 0 Å². The number of likely N-dealkylation sites (tertiary alicyclic amines) is 1. The summed E-state index contributed by atoms with van der Waals surface area (Å²) in [4.78, 5) is 7.80. The van der Waals surface area contributed by atoms with E-state index in [2.05, 4.69) is 47.0 Å². The minimum atomic E-state index is 0. The molecular weight excluding hydrogens is 531 g/mol. The van der Waals surface area contributed by atoms with E-state index < -0.39 is 0 Å². The maximum absolute atomic E-state index is 5.52. The summed E-state index contributed by atoms with van der Waals surface area (Å²) < 4.78 is 13.2. The Labute approximate surface area is 238 Å². The maximum Gasteiger partial charge on any atom is 0.161 e. The molecule has 0 bridgehead atoms. The van der Waals surface area contributed by atoms with Crippen molar-refractivity contribution in [3.05, 3.63) is 41.5 Å². The summed E-state index contributed by atoms with van der Waals surface area (Å²) in [6, 6.07) is 11.6. The molecule has 3 aliphatic rings. The van der Waals surface area contributed by atoms with Gasteiger partial charge in [0.05, 0.1) is 25.3 Å². The third kappa shape index (κ3) is 5.16. The zero-order valence-corrected chi connectivity index (χ0v) is 24.5. The maximum atomic E-state index is 5.52. The van der Waals surface area contributed by atoms with Crippen molar-refractivity contribution in [1.29, 1.82) is 0 Å². The molecular formula is C28H39Cl3N4O2. The van der Waals surface area contributed by atoms with Crippen LogP contribution in [0.25, 0.3) is 22.4 Å². The number of hydrogen-bond acceptors (Lipinski definition) is 5. The monoisotopic (exact) mass is 568 g/mol. The summed E-state index contributed by atoms with van der Waals surface area (Å²) in [7, 11) is 5.46.